The molecule has 0 saturated heterocycles. The predicted octanol–water partition coefficient (Wildman–Crippen LogP) is 1.88. The van der Waals surface area contributed by atoms with Crippen LogP contribution in [0.4, 0.5) is 5.69 Å². The van der Waals surface area contributed by atoms with E-state index in [0.717, 1.165) is 4.47 Å². The van der Waals surface area contributed by atoms with Gasteiger partial charge in [-0.15, -0.1) is 0 Å². The van der Waals surface area contributed by atoms with Crippen molar-refractivity contribution in [2.45, 2.75) is 0 Å². The van der Waals surface area contributed by atoms with Crippen molar-refractivity contribution in [2.24, 2.45) is 0 Å². The smallest absolute Gasteiger partial charge is 0.212 e. The fourth-order valence-electron chi connectivity index (χ4n) is 1.39. The van der Waals surface area contributed by atoms with Gasteiger partial charge >= 0.3 is 0 Å². The van der Waals surface area contributed by atoms with Gasteiger partial charge in [-0.3, -0.25) is 4.79 Å². The van der Waals surface area contributed by atoms with Crippen LogP contribution in [0, 0.1) is 0 Å². The highest BCUT2D eigenvalue weighted by Gasteiger charge is 2.07. The second-order valence-electron chi connectivity index (χ2n) is 3.11. The highest BCUT2D eigenvalue weighted by atomic mass is 79.9. The van der Waals surface area contributed by atoms with Crippen molar-refractivity contribution in [3.05, 3.63) is 33.0 Å². The highest BCUT2D eigenvalue weighted by Crippen LogP contribution is 2.28. The molecule has 78 valence electrons. The molecule has 1 heterocycles. The van der Waals surface area contributed by atoms with Crippen LogP contribution in [0.2, 0.25) is 0 Å². The van der Waals surface area contributed by atoms with E-state index in [1.54, 1.807) is 19.2 Å². The number of hydrogen-bond donors (Lipinski definition) is 2. The molecule has 0 radical (unpaired) electrons. The Morgan fingerprint density at radius 3 is 2.87 bits per heavy atom. The fourth-order valence-corrected chi connectivity index (χ4v) is 1.90. The molecule has 0 aliphatic carbocycles. The third-order valence-corrected chi connectivity index (χ3v) is 2.80. The number of anilines is 1. The molecule has 15 heavy (non-hydrogen) atoms. The first kappa shape index (κ1) is 10.0. The average molecular weight is 269 g/mol. The molecule has 3 N–H and O–H groups in total. The van der Waals surface area contributed by atoms with E-state index in [9.17, 15) is 4.79 Å². The van der Waals surface area contributed by atoms with Crippen LogP contribution in [0.5, 0.6) is 5.75 Å². The molecule has 2 aromatic rings. The standard InChI is InChI=1S/C10H9BrN2O2/c1-15-9-3-8-5(2-6(9)11)10(14)7(12)4-13-8/h2-4H,12H2,1H3,(H,13,14). The van der Waals surface area contributed by atoms with Gasteiger partial charge in [0, 0.05) is 17.6 Å². The second kappa shape index (κ2) is 3.58. The molecule has 0 atom stereocenters. The summed E-state index contributed by atoms with van der Waals surface area (Å²) in [5.74, 6) is 0.669. The molecule has 4 nitrogen and oxygen atoms in total. The Labute approximate surface area is 94.2 Å². The van der Waals surface area contributed by atoms with Crippen LogP contribution in [0.3, 0.4) is 0 Å². The minimum absolute atomic E-state index is 0.174. The highest BCUT2D eigenvalue weighted by molar-refractivity contribution is 9.10. The van der Waals surface area contributed by atoms with Crippen molar-refractivity contribution in [3.63, 3.8) is 0 Å². The normalized spacial score (nSPS) is 10.5. The van der Waals surface area contributed by atoms with Crippen molar-refractivity contribution in [1.29, 1.82) is 0 Å². The number of aromatic nitrogens is 1. The van der Waals surface area contributed by atoms with Gasteiger partial charge in [-0.25, -0.2) is 0 Å². The van der Waals surface area contributed by atoms with Crippen LogP contribution < -0.4 is 15.9 Å². The van der Waals surface area contributed by atoms with Gasteiger partial charge in [0.1, 0.15) is 5.75 Å². The van der Waals surface area contributed by atoms with E-state index in [4.69, 9.17) is 10.5 Å². The molecule has 0 amide bonds. The molecule has 5 heteroatoms. The number of nitrogens with two attached hydrogens (primary N) is 1. The Hall–Kier alpha value is -1.49. The largest absolute Gasteiger partial charge is 0.495 e. The summed E-state index contributed by atoms with van der Waals surface area (Å²) < 4.78 is 5.85. The lowest BCUT2D eigenvalue weighted by molar-refractivity contribution is 0.412. The molecule has 0 aliphatic rings. The minimum atomic E-state index is -0.174. The molecule has 1 aromatic heterocycles. The number of pyridine rings is 1. The van der Waals surface area contributed by atoms with Crippen LogP contribution in [-0.4, -0.2) is 12.1 Å². The number of ether oxygens (including phenoxy) is 1. The lowest BCUT2D eigenvalue weighted by Crippen LogP contribution is -2.08. The van der Waals surface area contributed by atoms with Crippen molar-refractivity contribution in [2.75, 3.05) is 12.8 Å². The number of nitrogens with one attached hydrogen (secondary N) is 1. The van der Waals surface area contributed by atoms with Gasteiger partial charge in [0.25, 0.3) is 0 Å². The lowest BCUT2D eigenvalue weighted by atomic mass is 10.2. The molecule has 1 aromatic carbocycles. The summed E-state index contributed by atoms with van der Waals surface area (Å²) in [6.07, 6.45) is 1.48. The van der Waals surface area contributed by atoms with Crippen molar-refractivity contribution in [1.82, 2.24) is 4.98 Å². The molecule has 0 unspecified atom stereocenters. The van der Waals surface area contributed by atoms with E-state index >= 15 is 0 Å². The number of fused-ring (bicyclic) bond motifs is 1. The maximum absolute atomic E-state index is 11.7. The summed E-state index contributed by atoms with van der Waals surface area (Å²) >= 11 is 3.32. The van der Waals surface area contributed by atoms with Crippen LogP contribution in [0.25, 0.3) is 10.9 Å². The number of rotatable bonds is 1. The first-order chi connectivity index (χ1) is 7.13. The maximum Gasteiger partial charge on any atom is 0.212 e. The molecular formula is C10H9BrN2O2. The zero-order chi connectivity index (χ0) is 11.0. The first-order valence-electron chi connectivity index (χ1n) is 4.28. The molecule has 0 aliphatic heterocycles. The number of aromatic amines is 1. The number of halogens is 1. The monoisotopic (exact) mass is 268 g/mol. The molecule has 2 rings (SSSR count). The molecule has 0 fully saturated rings. The summed E-state index contributed by atoms with van der Waals surface area (Å²) in [7, 11) is 1.57. The van der Waals surface area contributed by atoms with E-state index in [1.807, 2.05) is 0 Å². The summed E-state index contributed by atoms with van der Waals surface area (Å²) in [4.78, 5) is 14.6. The number of H-pyrrole nitrogens is 1. The van der Waals surface area contributed by atoms with Crippen LogP contribution in [-0.2, 0) is 0 Å². The first-order valence-corrected chi connectivity index (χ1v) is 5.07. The molecular weight excluding hydrogens is 260 g/mol. The summed E-state index contributed by atoms with van der Waals surface area (Å²) in [6, 6.07) is 3.45. The fraction of sp³-hybridized carbons (Fsp3) is 0.100. The number of nitrogen functional groups attached to an aromatic ring is 1. The van der Waals surface area contributed by atoms with Crippen molar-refractivity contribution >= 4 is 32.5 Å². The predicted molar refractivity (Wildman–Crippen MR) is 63.2 cm³/mol. The second-order valence-corrected chi connectivity index (χ2v) is 3.96. The third-order valence-electron chi connectivity index (χ3n) is 2.18. The zero-order valence-electron chi connectivity index (χ0n) is 8.00. The van der Waals surface area contributed by atoms with Crippen LogP contribution in [0.1, 0.15) is 0 Å². The lowest BCUT2D eigenvalue weighted by Gasteiger charge is -2.05. The van der Waals surface area contributed by atoms with Crippen LogP contribution in [0.15, 0.2) is 27.6 Å². The van der Waals surface area contributed by atoms with Gasteiger partial charge in [-0.05, 0) is 22.0 Å². The summed E-state index contributed by atoms with van der Waals surface area (Å²) in [5.41, 5.74) is 6.25. The van der Waals surface area contributed by atoms with E-state index in [0.29, 0.717) is 16.7 Å². The Kier molecular flexibility index (Phi) is 2.40. The van der Waals surface area contributed by atoms with Gasteiger partial charge in [-0.1, -0.05) is 0 Å². The van der Waals surface area contributed by atoms with Crippen LogP contribution >= 0.6 is 15.9 Å². The van der Waals surface area contributed by atoms with E-state index in [1.165, 1.54) is 6.20 Å². The van der Waals surface area contributed by atoms with Gasteiger partial charge < -0.3 is 15.5 Å². The molecule has 0 bridgehead atoms. The Balaban J connectivity index is 2.88. The SMILES string of the molecule is COc1cc2[nH]cc(N)c(=O)c2cc1Br. The van der Waals surface area contributed by atoms with Crippen molar-refractivity contribution < 1.29 is 4.74 Å². The Bertz CT molecular complexity index is 577. The van der Waals surface area contributed by atoms with E-state index in [-0.39, 0.29) is 11.1 Å². The van der Waals surface area contributed by atoms with Crippen molar-refractivity contribution in [3.8, 4) is 5.75 Å². The number of benzene rings is 1. The summed E-state index contributed by atoms with van der Waals surface area (Å²) in [5, 5.41) is 0.544. The topological polar surface area (TPSA) is 68.1 Å². The maximum atomic E-state index is 11.7. The van der Waals surface area contributed by atoms with Gasteiger partial charge in [0.15, 0.2) is 0 Å². The number of methoxy groups -OCH3 is 1. The number of hydrogen-bond acceptors (Lipinski definition) is 3. The van der Waals surface area contributed by atoms with Gasteiger partial charge in [-0.2, -0.15) is 0 Å². The summed E-state index contributed by atoms with van der Waals surface area (Å²) in [6.45, 7) is 0. The average Bonchev–Trinajstić information content (AvgIpc) is 2.24. The molecule has 0 saturated carbocycles. The van der Waals surface area contributed by atoms with E-state index in [2.05, 4.69) is 20.9 Å². The Morgan fingerprint density at radius 1 is 1.47 bits per heavy atom. The quantitative estimate of drug-likeness (QED) is 0.830. The van der Waals surface area contributed by atoms with E-state index < -0.39 is 0 Å². The molecule has 0 spiro atoms. The zero-order valence-corrected chi connectivity index (χ0v) is 9.59. The Morgan fingerprint density at radius 2 is 2.20 bits per heavy atom. The third kappa shape index (κ3) is 1.59. The van der Waals surface area contributed by atoms with Gasteiger partial charge in [0.05, 0.1) is 22.8 Å². The minimum Gasteiger partial charge on any atom is -0.495 e. The van der Waals surface area contributed by atoms with Gasteiger partial charge in [0.2, 0.25) is 5.43 Å².